The van der Waals surface area contributed by atoms with Gasteiger partial charge in [0.25, 0.3) is 0 Å². The second kappa shape index (κ2) is 5.88. The first-order valence-electron chi connectivity index (χ1n) is 5.28. The first kappa shape index (κ1) is 12.9. The van der Waals surface area contributed by atoms with E-state index in [4.69, 9.17) is 22.7 Å². The predicted molar refractivity (Wildman–Crippen MR) is 73.6 cm³/mol. The van der Waals surface area contributed by atoms with Crippen LogP contribution < -0.4 is 10.5 Å². The van der Waals surface area contributed by atoms with Crippen molar-refractivity contribution in [3.63, 3.8) is 0 Å². The lowest BCUT2D eigenvalue weighted by molar-refractivity contribution is 0.321. The highest BCUT2D eigenvalue weighted by Crippen LogP contribution is 2.15. The predicted octanol–water partition coefficient (Wildman–Crippen LogP) is 2.54. The molecule has 1 aromatic heterocycles. The van der Waals surface area contributed by atoms with E-state index in [9.17, 15) is 4.39 Å². The van der Waals surface area contributed by atoms with Crippen LogP contribution in [0.25, 0.3) is 0 Å². The average Bonchev–Trinajstić information content (AvgIpc) is 2.81. The zero-order chi connectivity index (χ0) is 13.0. The molecular formula is C12H11FN2OS2. The van der Waals surface area contributed by atoms with Crippen molar-refractivity contribution in [1.82, 2.24) is 4.98 Å². The summed E-state index contributed by atoms with van der Waals surface area (Å²) in [7, 11) is 0. The molecule has 0 saturated carbocycles. The molecule has 0 aliphatic carbocycles. The van der Waals surface area contributed by atoms with Crippen LogP contribution in [0.2, 0.25) is 0 Å². The van der Waals surface area contributed by atoms with E-state index in [0.717, 1.165) is 9.88 Å². The van der Waals surface area contributed by atoms with Crippen molar-refractivity contribution in [1.29, 1.82) is 0 Å². The Morgan fingerprint density at radius 2 is 2.11 bits per heavy atom. The van der Waals surface area contributed by atoms with Crippen molar-refractivity contribution in [3.05, 3.63) is 46.2 Å². The third-order valence-corrected chi connectivity index (χ3v) is 3.63. The lowest BCUT2D eigenvalue weighted by Gasteiger charge is -2.04. The fraction of sp³-hybridized carbons (Fsp3) is 0.167. The molecule has 18 heavy (non-hydrogen) atoms. The fourth-order valence-corrected chi connectivity index (χ4v) is 2.26. The quantitative estimate of drug-likeness (QED) is 0.856. The van der Waals surface area contributed by atoms with Crippen molar-refractivity contribution < 1.29 is 9.13 Å². The molecule has 0 bridgehead atoms. The minimum Gasteiger partial charge on any atom is -0.493 e. The largest absolute Gasteiger partial charge is 0.493 e. The average molecular weight is 282 g/mol. The van der Waals surface area contributed by atoms with Crippen LogP contribution in [-0.2, 0) is 6.42 Å². The van der Waals surface area contributed by atoms with Crippen LogP contribution in [-0.4, -0.2) is 16.6 Å². The molecule has 2 rings (SSSR count). The SMILES string of the molecule is NC(=S)c1cnc(CCOc2ccc(F)cc2)s1. The van der Waals surface area contributed by atoms with E-state index >= 15 is 0 Å². The van der Waals surface area contributed by atoms with Crippen LogP contribution in [0, 0.1) is 5.82 Å². The Balaban J connectivity index is 1.84. The number of rotatable bonds is 5. The lowest BCUT2D eigenvalue weighted by Crippen LogP contribution is -2.06. The fourth-order valence-electron chi connectivity index (χ4n) is 1.33. The molecule has 0 radical (unpaired) electrons. The maximum absolute atomic E-state index is 12.7. The first-order chi connectivity index (χ1) is 8.65. The van der Waals surface area contributed by atoms with Gasteiger partial charge in [0.15, 0.2) is 0 Å². The van der Waals surface area contributed by atoms with Crippen molar-refractivity contribution >= 4 is 28.5 Å². The molecule has 1 aromatic carbocycles. The number of thiocarbonyl (C=S) groups is 1. The summed E-state index contributed by atoms with van der Waals surface area (Å²) in [5.41, 5.74) is 5.50. The molecule has 0 spiro atoms. The van der Waals surface area contributed by atoms with Gasteiger partial charge in [0.2, 0.25) is 0 Å². The van der Waals surface area contributed by atoms with Gasteiger partial charge in [-0.1, -0.05) is 12.2 Å². The summed E-state index contributed by atoms with van der Waals surface area (Å²) in [6.45, 7) is 0.482. The minimum atomic E-state index is -0.275. The highest BCUT2D eigenvalue weighted by atomic mass is 32.1. The number of hydrogen-bond acceptors (Lipinski definition) is 4. The summed E-state index contributed by atoms with van der Waals surface area (Å²) >= 11 is 6.32. The van der Waals surface area contributed by atoms with Crippen LogP contribution >= 0.6 is 23.6 Å². The number of aromatic nitrogens is 1. The normalized spacial score (nSPS) is 10.3. The van der Waals surface area contributed by atoms with E-state index in [-0.39, 0.29) is 5.82 Å². The molecule has 94 valence electrons. The molecule has 2 aromatic rings. The number of thiazole rings is 1. The summed E-state index contributed by atoms with van der Waals surface area (Å²) in [5, 5.41) is 0.917. The minimum absolute atomic E-state index is 0.275. The molecule has 0 aliphatic rings. The molecule has 1 heterocycles. The number of benzene rings is 1. The zero-order valence-electron chi connectivity index (χ0n) is 9.43. The van der Waals surface area contributed by atoms with Gasteiger partial charge in [0.05, 0.1) is 16.5 Å². The maximum atomic E-state index is 12.7. The molecule has 0 fully saturated rings. The van der Waals surface area contributed by atoms with Crippen molar-refractivity contribution in [2.75, 3.05) is 6.61 Å². The van der Waals surface area contributed by atoms with E-state index in [2.05, 4.69) is 4.98 Å². The van der Waals surface area contributed by atoms with Crippen molar-refractivity contribution in [2.45, 2.75) is 6.42 Å². The molecule has 0 atom stereocenters. The Bertz CT molecular complexity index is 539. The van der Waals surface area contributed by atoms with Gasteiger partial charge in [-0.05, 0) is 24.3 Å². The topological polar surface area (TPSA) is 48.1 Å². The van der Waals surface area contributed by atoms with Crippen molar-refractivity contribution in [3.8, 4) is 5.75 Å². The lowest BCUT2D eigenvalue weighted by atomic mass is 10.3. The zero-order valence-corrected chi connectivity index (χ0v) is 11.1. The summed E-state index contributed by atoms with van der Waals surface area (Å²) < 4.78 is 18.1. The van der Waals surface area contributed by atoms with E-state index in [1.807, 2.05) is 0 Å². The van der Waals surface area contributed by atoms with Crippen LogP contribution in [0.5, 0.6) is 5.75 Å². The van der Waals surface area contributed by atoms with E-state index < -0.39 is 0 Å². The Morgan fingerprint density at radius 3 is 2.72 bits per heavy atom. The molecule has 2 N–H and O–H groups in total. The molecular weight excluding hydrogens is 271 g/mol. The second-order valence-electron chi connectivity index (χ2n) is 3.53. The van der Waals surface area contributed by atoms with Gasteiger partial charge >= 0.3 is 0 Å². The van der Waals surface area contributed by atoms with Gasteiger partial charge < -0.3 is 10.5 Å². The number of nitrogens with two attached hydrogens (primary N) is 1. The second-order valence-corrected chi connectivity index (χ2v) is 5.09. The standard InChI is InChI=1S/C12H11FN2OS2/c13-8-1-3-9(4-2-8)16-6-5-11-15-7-10(18-11)12(14)17/h1-4,7H,5-6H2,(H2,14,17). The van der Waals surface area contributed by atoms with Gasteiger partial charge in [0.1, 0.15) is 16.6 Å². The van der Waals surface area contributed by atoms with E-state index in [0.29, 0.717) is 23.8 Å². The van der Waals surface area contributed by atoms with Crippen LogP contribution in [0.4, 0.5) is 4.39 Å². The Kier molecular flexibility index (Phi) is 4.22. The molecule has 3 nitrogen and oxygen atoms in total. The molecule has 6 heteroatoms. The van der Waals surface area contributed by atoms with Crippen LogP contribution in [0.15, 0.2) is 30.5 Å². The third-order valence-electron chi connectivity index (χ3n) is 2.19. The smallest absolute Gasteiger partial charge is 0.123 e. The highest BCUT2D eigenvalue weighted by molar-refractivity contribution is 7.81. The molecule has 0 amide bonds. The summed E-state index contributed by atoms with van der Waals surface area (Å²) in [4.78, 5) is 5.36. The number of nitrogens with zero attached hydrogens (tertiary/aromatic N) is 1. The third kappa shape index (κ3) is 3.48. The molecule has 0 saturated heterocycles. The van der Waals surface area contributed by atoms with E-state index in [1.165, 1.54) is 23.5 Å². The van der Waals surface area contributed by atoms with Gasteiger partial charge in [-0.15, -0.1) is 11.3 Å². The highest BCUT2D eigenvalue weighted by Gasteiger charge is 2.04. The monoisotopic (exact) mass is 282 g/mol. The van der Waals surface area contributed by atoms with Gasteiger partial charge in [-0.3, -0.25) is 0 Å². The summed E-state index contributed by atoms with van der Waals surface area (Å²) in [6, 6.07) is 5.92. The Hall–Kier alpha value is -1.53. The van der Waals surface area contributed by atoms with Gasteiger partial charge in [-0.25, -0.2) is 9.37 Å². The number of halogens is 1. The van der Waals surface area contributed by atoms with Crippen LogP contribution in [0.3, 0.4) is 0 Å². The summed E-state index contributed by atoms with van der Waals surface area (Å²) in [6.07, 6.45) is 2.34. The Morgan fingerprint density at radius 1 is 1.39 bits per heavy atom. The Labute approximate surface area is 113 Å². The van der Waals surface area contributed by atoms with Gasteiger partial charge in [-0.2, -0.15) is 0 Å². The maximum Gasteiger partial charge on any atom is 0.123 e. The van der Waals surface area contributed by atoms with Crippen LogP contribution in [0.1, 0.15) is 9.88 Å². The number of hydrogen-bond donors (Lipinski definition) is 1. The summed E-state index contributed by atoms with van der Waals surface area (Å²) in [5.74, 6) is 0.367. The van der Waals surface area contributed by atoms with Crippen molar-refractivity contribution in [2.24, 2.45) is 5.73 Å². The molecule has 0 aliphatic heterocycles. The van der Waals surface area contributed by atoms with Gasteiger partial charge in [0, 0.05) is 12.6 Å². The first-order valence-corrected chi connectivity index (χ1v) is 6.50. The number of ether oxygens (including phenoxy) is 1. The molecule has 0 unspecified atom stereocenters. The van der Waals surface area contributed by atoms with E-state index in [1.54, 1.807) is 18.3 Å².